The van der Waals surface area contributed by atoms with Crippen LogP contribution in [0.25, 0.3) is 21.3 Å². The zero-order chi connectivity index (χ0) is 21.8. The van der Waals surface area contributed by atoms with Gasteiger partial charge in [0, 0.05) is 34.8 Å². The van der Waals surface area contributed by atoms with Gasteiger partial charge in [0.25, 0.3) is 0 Å². The number of hydrogen-bond acceptors (Lipinski definition) is 7. The maximum Gasteiger partial charge on any atom is 0.323 e. The Morgan fingerprint density at radius 1 is 1.13 bits per heavy atom. The van der Waals surface area contributed by atoms with Gasteiger partial charge in [0.05, 0.1) is 17.0 Å². The number of aliphatic hydroxyl groups is 1. The van der Waals surface area contributed by atoms with Gasteiger partial charge in [-0.15, -0.1) is 11.3 Å². The average Bonchev–Trinajstić information content (AvgIpc) is 3.14. The summed E-state index contributed by atoms with van der Waals surface area (Å²) in [5.74, 6) is 0.390. The number of carbonyl (C=O) groups is 1. The Labute approximate surface area is 182 Å². The van der Waals surface area contributed by atoms with Crippen molar-refractivity contribution >= 4 is 44.8 Å². The Morgan fingerprint density at radius 3 is 2.65 bits per heavy atom. The van der Waals surface area contributed by atoms with Crippen LogP contribution in [0.15, 0.2) is 54.9 Å². The number of nitrogens with zero attached hydrogens (tertiary/aromatic N) is 3. The Morgan fingerprint density at radius 2 is 1.90 bits per heavy atom. The van der Waals surface area contributed by atoms with Gasteiger partial charge in [-0.2, -0.15) is 5.26 Å². The summed E-state index contributed by atoms with van der Waals surface area (Å²) < 4.78 is 0. The Bertz CT molecular complexity index is 1290. The molecule has 31 heavy (non-hydrogen) atoms. The van der Waals surface area contributed by atoms with Crippen molar-refractivity contribution in [3.63, 3.8) is 0 Å². The normalized spacial score (nSPS) is 10.6. The average molecular weight is 430 g/mol. The molecule has 9 heteroatoms. The number of hydrogen-bond donors (Lipinski definition) is 4. The summed E-state index contributed by atoms with van der Waals surface area (Å²) in [5.41, 5.74) is 9.49. The monoisotopic (exact) mass is 430 g/mol. The largest absolute Gasteiger partial charge is 0.396 e. The van der Waals surface area contributed by atoms with Crippen LogP contribution in [0.5, 0.6) is 0 Å². The first-order valence-corrected chi connectivity index (χ1v) is 10.2. The molecule has 0 aliphatic carbocycles. The lowest BCUT2D eigenvalue weighted by Gasteiger charge is -2.10. The third-order valence-electron chi connectivity index (χ3n) is 4.61. The number of benzene rings is 2. The zero-order valence-corrected chi connectivity index (χ0v) is 17.1. The highest BCUT2D eigenvalue weighted by Crippen LogP contribution is 2.40. The molecule has 5 N–H and O–H groups in total. The minimum absolute atomic E-state index is 0.0139. The molecule has 0 aliphatic rings. The van der Waals surface area contributed by atoms with E-state index < -0.39 is 6.03 Å². The first-order valence-electron chi connectivity index (χ1n) is 9.40. The number of nitrogens with one attached hydrogen (secondary N) is 2. The number of aromatic nitrogens is 2. The number of urea groups is 1. The SMILES string of the molecule is N#Cc1cccc(NC(=O)Nc2ccc(-c3c(CCO)sc4ncnc(N)c34)cc2)c1. The molecule has 0 unspecified atom stereocenters. The molecule has 0 fully saturated rings. The number of anilines is 3. The van der Waals surface area contributed by atoms with Crippen LogP contribution < -0.4 is 16.4 Å². The Kier molecular flexibility index (Phi) is 5.75. The van der Waals surface area contributed by atoms with Crippen LogP contribution >= 0.6 is 11.3 Å². The lowest BCUT2D eigenvalue weighted by atomic mass is 10.0. The van der Waals surface area contributed by atoms with Crippen molar-refractivity contribution in [2.75, 3.05) is 23.0 Å². The first kappa shape index (κ1) is 20.3. The molecule has 0 radical (unpaired) electrons. The van der Waals surface area contributed by atoms with Crippen molar-refractivity contribution in [2.45, 2.75) is 6.42 Å². The van der Waals surface area contributed by atoms with E-state index in [0.717, 1.165) is 26.2 Å². The highest BCUT2D eigenvalue weighted by atomic mass is 32.1. The molecular weight excluding hydrogens is 412 g/mol. The molecule has 0 saturated carbocycles. The molecule has 4 aromatic rings. The molecule has 154 valence electrons. The molecule has 0 aliphatic heterocycles. The molecule has 2 aromatic carbocycles. The van der Waals surface area contributed by atoms with E-state index in [0.29, 0.717) is 29.2 Å². The number of rotatable bonds is 5. The van der Waals surface area contributed by atoms with Crippen molar-refractivity contribution in [3.05, 3.63) is 65.3 Å². The fourth-order valence-corrected chi connectivity index (χ4v) is 4.42. The zero-order valence-electron chi connectivity index (χ0n) is 16.3. The summed E-state index contributed by atoms with van der Waals surface area (Å²) in [6.45, 7) is 0.0139. The Balaban J connectivity index is 1.57. The minimum atomic E-state index is -0.414. The van der Waals surface area contributed by atoms with Crippen LogP contribution in [0, 0.1) is 11.3 Å². The lowest BCUT2D eigenvalue weighted by molar-refractivity contribution is 0.262. The second-order valence-corrected chi connectivity index (χ2v) is 7.75. The van der Waals surface area contributed by atoms with E-state index in [-0.39, 0.29) is 6.61 Å². The number of amides is 2. The van der Waals surface area contributed by atoms with E-state index in [1.165, 1.54) is 17.7 Å². The van der Waals surface area contributed by atoms with E-state index in [2.05, 4.69) is 20.6 Å². The number of fused-ring (bicyclic) bond motifs is 1. The number of nitrogen functional groups attached to an aromatic ring is 1. The quantitative estimate of drug-likeness (QED) is 0.378. The number of thiophene rings is 1. The predicted molar refractivity (Wildman–Crippen MR) is 122 cm³/mol. The van der Waals surface area contributed by atoms with Gasteiger partial charge < -0.3 is 21.5 Å². The maximum atomic E-state index is 12.3. The van der Waals surface area contributed by atoms with Crippen LogP contribution in [0.1, 0.15) is 10.4 Å². The molecule has 0 spiro atoms. The van der Waals surface area contributed by atoms with Gasteiger partial charge in [-0.1, -0.05) is 18.2 Å². The van der Waals surface area contributed by atoms with Gasteiger partial charge in [-0.05, 0) is 35.9 Å². The molecule has 8 nitrogen and oxygen atoms in total. The van der Waals surface area contributed by atoms with Crippen molar-refractivity contribution in [1.82, 2.24) is 9.97 Å². The highest BCUT2D eigenvalue weighted by molar-refractivity contribution is 7.19. The number of nitrogens with two attached hydrogens (primary N) is 1. The van der Waals surface area contributed by atoms with E-state index >= 15 is 0 Å². The van der Waals surface area contributed by atoms with E-state index in [1.807, 2.05) is 18.2 Å². The van der Waals surface area contributed by atoms with Crippen molar-refractivity contribution < 1.29 is 9.90 Å². The van der Waals surface area contributed by atoms with Gasteiger partial charge in [0.15, 0.2) is 0 Å². The predicted octanol–water partition coefficient (Wildman–Crippen LogP) is 3.99. The summed E-state index contributed by atoms with van der Waals surface area (Å²) in [5, 5.41) is 24.7. The minimum Gasteiger partial charge on any atom is -0.396 e. The van der Waals surface area contributed by atoms with Crippen LogP contribution in [-0.4, -0.2) is 27.7 Å². The standard InChI is InChI=1S/C22H18N6O2S/c23-11-13-2-1-3-16(10-13)28-22(30)27-15-6-4-14(5-7-15)18-17(8-9-29)31-21-19(18)20(24)25-12-26-21/h1-7,10,12,29H,8-9H2,(H2,24,25,26)(H2,27,28,30). The van der Waals surface area contributed by atoms with Crippen molar-refractivity contribution in [3.8, 4) is 17.2 Å². The second-order valence-electron chi connectivity index (χ2n) is 6.66. The fourth-order valence-electron chi connectivity index (χ4n) is 3.26. The molecule has 0 atom stereocenters. The molecule has 2 heterocycles. The van der Waals surface area contributed by atoms with E-state index in [4.69, 9.17) is 11.0 Å². The second kappa shape index (κ2) is 8.79. The molecule has 2 amide bonds. The topological polar surface area (TPSA) is 137 Å². The summed E-state index contributed by atoms with van der Waals surface area (Å²) in [7, 11) is 0. The number of carbonyl (C=O) groups excluding carboxylic acids is 1. The summed E-state index contributed by atoms with van der Waals surface area (Å²) >= 11 is 1.48. The van der Waals surface area contributed by atoms with Gasteiger partial charge in [-0.25, -0.2) is 14.8 Å². The fraction of sp³-hybridized carbons (Fsp3) is 0.0909. The number of nitriles is 1. The molecular formula is C22H18N6O2S. The van der Waals surface area contributed by atoms with Crippen LogP contribution in [-0.2, 0) is 6.42 Å². The van der Waals surface area contributed by atoms with Gasteiger partial charge in [0.2, 0.25) is 0 Å². The molecule has 0 saturated heterocycles. The molecule has 4 rings (SSSR count). The summed E-state index contributed by atoms with van der Waals surface area (Å²) in [6.07, 6.45) is 1.92. The highest BCUT2D eigenvalue weighted by Gasteiger charge is 2.17. The Hall–Kier alpha value is -4.00. The lowest BCUT2D eigenvalue weighted by Crippen LogP contribution is -2.19. The van der Waals surface area contributed by atoms with E-state index in [9.17, 15) is 9.90 Å². The summed E-state index contributed by atoms with van der Waals surface area (Å²) in [4.78, 5) is 22.4. The third-order valence-corrected chi connectivity index (χ3v) is 5.77. The summed E-state index contributed by atoms with van der Waals surface area (Å²) in [6, 6.07) is 15.6. The van der Waals surface area contributed by atoms with Crippen molar-refractivity contribution in [1.29, 1.82) is 5.26 Å². The van der Waals surface area contributed by atoms with Crippen LogP contribution in [0.3, 0.4) is 0 Å². The van der Waals surface area contributed by atoms with Crippen LogP contribution in [0.4, 0.5) is 22.0 Å². The number of aliphatic hydroxyl groups excluding tert-OH is 1. The smallest absolute Gasteiger partial charge is 0.323 e. The first-order chi connectivity index (χ1) is 15.1. The maximum absolute atomic E-state index is 12.3. The van der Waals surface area contributed by atoms with Crippen LogP contribution in [0.2, 0.25) is 0 Å². The van der Waals surface area contributed by atoms with Gasteiger partial charge >= 0.3 is 6.03 Å². The van der Waals surface area contributed by atoms with Gasteiger partial charge in [-0.3, -0.25) is 0 Å². The van der Waals surface area contributed by atoms with Gasteiger partial charge in [0.1, 0.15) is 17.0 Å². The van der Waals surface area contributed by atoms with Crippen molar-refractivity contribution in [2.24, 2.45) is 0 Å². The van der Waals surface area contributed by atoms with E-state index in [1.54, 1.807) is 36.4 Å². The molecule has 2 aromatic heterocycles. The third kappa shape index (κ3) is 4.30. The molecule has 0 bridgehead atoms.